The summed E-state index contributed by atoms with van der Waals surface area (Å²) in [7, 11) is 3.52. The van der Waals surface area contributed by atoms with Gasteiger partial charge in [-0.15, -0.1) is 24.0 Å². The van der Waals surface area contributed by atoms with Gasteiger partial charge in [0.2, 0.25) is 0 Å². The van der Waals surface area contributed by atoms with Crippen molar-refractivity contribution in [2.24, 2.45) is 4.99 Å². The number of hydrogen-bond donors (Lipinski definition) is 2. The van der Waals surface area contributed by atoms with Crippen LogP contribution in [-0.4, -0.2) is 57.7 Å². The van der Waals surface area contributed by atoms with Gasteiger partial charge in [-0.05, 0) is 56.1 Å². The number of aliphatic imine (C=N–C) groups is 1. The first-order valence-corrected chi connectivity index (χ1v) is 9.45. The molecule has 0 aliphatic heterocycles. The molecule has 0 bridgehead atoms. The van der Waals surface area contributed by atoms with E-state index in [1.54, 1.807) is 7.11 Å². The lowest BCUT2D eigenvalue weighted by molar-refractivity contribution is 0.300. The SMILES string of the molecule is CCN(CC)CCCNC(=NC)NCCC(C)c1ccc(OC)cc1.I. The van der Waals surface area contributed by atoms with Gasteiger partial charge in [0, 0.05) is 20.1 Å². The Morgan fingerprint density at radius 2 is 1.73 bits per heavy atom. The molecule has 6 heteroatoms. The Balaban J connectivity index is 0.00000625. The topological polar surface area (TPSA) is 48.9 Å². The number of rotatable bonds is 11. The normalized spacial score (nSPS) is 12.5. The summed E-state index contributed by atoms with van der Waals surface area (Å²) in [6.07, 6.45) is 2.19. The molecule has 0 aromatic heterocycles. The molecule has 5 nitrogen and oxygen atoms in total. The van der Waals surface area contributed by atoms with E-state index in [2.05, 4.69) is 53.4 Å². The lowest BCUT2D eigenvalue weighted by atomic mass is 9.98. The molecule has 1 aromatic carbocycles. The predicted molar refractivity (Wildman–Crippen MR) is 123 cm³/mol. The van der Waals surface area contributed by atoms with Crippen LogP contribution in [0.4, 0.5) is 0 Å². The van der Waals surface area contributed by atoms with Gasteiger partial charge in [0.05, 0.1) is 7.11 Å². The fourth-order valence-corrected chi connectivity index (χ4v) is 2.78. The largest absolute Gasteiger partial charge is 0.497 e. The molecule has 0 saturated heterocycles. The molecular weight excluding hydrogens is 439 g/mol. The zero-order chi connectivity index (χ0) is 18.5. The summed E-state index contributed by atoms with van der Waals surface area (Å²) in [4.78, 5) is 6.74. The Morgan fingerprint density at radius 3 is 2.27 bits per heavy atom. The van der Waals surface area contributed by atoms with Crippen molar-refractivity contribution in [3.8, 4) is 5.75 Å². The molecule has 0 saturated carbocycles. The summed E-state index contributed by atoms with van der Waals surface area (Å²) in [5.41, 5.74) is 1.34. The van der Waals surface area contributed by atoms with Crippen LogP contribution >= 0.6 is 24.0 Å². The fraction of sp³-hybridized carbons (Fsp3) is 0.650. The van der Waals surface area contributed by atoms with Gasteiger partial charge < -0.3 is 20.3 Å². The molecule has 1 unspecified atom stereocenters. The van der Waals surface area contributed by atoms with Gasteiger partial charge in [0.15, 0.2) is 5.96 Å². The summed E-state index contributed by atoms with van der Waals surface area (Å²) in [5, 5.41) is 6.81. The highest BCUT2D eigenvalue weighted by Crippen LogP contribution is 2.21. The fourth-order valence-electron chi connectivity index (χ4n) is 2.78. The number of benzene rings is 1. The number of ether oxygens (including phenoxy) is 1. The van der Waals surface area contributed by atoms with E-state index in [1.807, 2.05) is 19.2 Å². The van der Waals surface area contributed by atoms with E-state index in [0.29, 0.717) is 5.92 Å². The Hall–Kier alpha value is -1.02. The highest BCUT2D eigenvalue weighted by Gasteiger charge is 2.06. The van der Waals surface area contributed by atoms with E-state index in [4.69, 9.17) is 4.74 Å². The number of methoxy groups -OCH3 is 1. The van der Waals surface area contributed by atoms with E-state index in [-0.39, 0.29) is 24.0 Å². The first-order valence-electron chi connectivity index (χ1n) is 9.45. The molecule has 0 spiro atoms. The van der Waals surface area contributed by atoms with Gasteiger partial charge in [-0.3, -0.25) is 4.99 Å². The van der Waals surface area contributed by atoms with Crippen LogP contribution in [0.25, 0.3) is 0 Å². The smallest absolute Gasteiger partial charge is 0.190 e. The molecule has 0 aliphatic rings. The quantitative estimate of drug-likeness (QED) is 0.221. The number of hydrogen-bond acceptors (Lipinski definition) is 3. The van der Waals surface area contributed by atoms with E-state index in [0.717, 1.165) is 57.3 Å². The third kappa shape index (κ3) is 9.62. The second-order valence-corrected chi connectivity index (χ2v) is 6.27. The van der Waals surface area contributed by atoms with Gasteiger partial charge in [-0.1, -0.05) is 32.9 Å². The van der Waals surface area contributed by atoms with Crippen molar-refractivity contribution in [1.29, 1.82) is 0 Å². The van der Waals surface area contributed by atoms with Crippen LogP contribution in [0.5, 0.6) is 5.75 Å². The molecule has 2 N–H and O–H groups in total. The van der Waals surface area contributed by atoms with Crippen molar-refractivity contribution in [2.45, 2.75) is 39.5 Å². The highest BCUT2D eigenvalue weighted by molar-refractivity contribution is 14.0. The van der Waals surface area contributed by atoms with E-state index < -0.39 is 0 Å². The van der Waals surface area contributed by atoms with E-state index >= 15 is 0 Å². The second-order valence-electron chi connectivity index (χ2n) is 6.27. The second kappa shape index (κ2) is 15.1. The average Bonchev–Trinajstić information content (AvgIpc) is 2.66. The van der Waals surface area contributed by atoms with Crippen LogP contribution in [0.2, 0.25) is 0 Å². The lowest BCUT2D eigenvalue weighted by Gasteiger charge is -2.19. The first kappa shape index (κ1) is 25.0. The third-order valence-electron chi connectivity index (χ3n) is 4.62. The van der Waals surface area contributed by atoms with Gasteiger partial charge in [0.25, 0.3) is 0 Å². The maximum Gasteiger partial charge on any atom is 0.190 e. The molecule has 0 heterocycles. The Labute approximate surface area is 177 Å². The van der Waals surface area contributed by atoms with Gasteiger partial charge in [0.1, 0.15) is 5.75 Å². The summed E-state index contributed by atoms with van der Waals surface area (Å²) in [6.45, 7) is 11.9. The molecule has 150 valence electrons. The first-order chi connectivity index (χ1) is 12.1. The Morgan fingerprint density at radius 1 is 1.12 bits per heavy atom. The molecular formula is C20H37IN4O. The molecule has 0 radical (unpaired) electrons. The zero-order valence-electron chi connectivity index (χ0n) is 17.0. The number of guanidine groups is 1. The van der Waals surface area contributed by atoms with Crippen molar-refractivity contribution in [3.05, 3.63) is 29.8 Å². The standard InChI is InChI=1S/C20H36N4O.HI/c1-6-24(7-2)16-8-14-22-20(21-4)23-15-13-17(3)18-9-11-19(25-5)12-10-18;/h9-12,17H,6-8,13-16H2,1-5H3,(H2,21,22,23);1H. The van der Waals surface area contributed by atoms with Gasteiger partial charge in [-0.2, -0.15) is 0 Å². The molecule has 0 amide bonds. The Kier molecular flexibility index (Phi) is 14.5. The average molecular weight is 476 g/mol. The molecule has 26 heavy (non-hydrogen) atoms. The molecule has 1 atom stereocenters. The molecule has 1 rings (SSSR count). The highest BCUT2D eigenvalue weighted by atomic mass is 127. The van der Waals surface area contributed by atoms with Crippen LogP contribution in [0.15, 0.2) is 29.3 Å². The third-order valence-corrected chi connectivity index (χ3v) is 4.62. The van der Waals surface area contributed by atoms with Crippen molar-refractivity contribution in [2.75, 3.05) is 46.9 Å². The zero-order valence-corrected chi connectivity index (χ0v) is 19.4. The molecule has 0 fully saturated rings. The van der Waals surface area contributed by atoms with Gasteiger partial charge in [-0.25, -0.2) is 0 Å². The summed E-state index contributed by atoms with van der Waals surface area (Å²) >= 11 is 0. The van der Waals surface area contributed by atoms with Crippen LogP contribution in [0.3, 0.4) is 0 Å². The minimum atomic E-state index is 0. The minimum absolute atomic E-state index is 0. The summed E-state index contributed by atoms with van der Waals surface area (Å²) in [5.74, 6) is 2.30. The van der Waals surface area contributed by atoms with Crippen LogP contribution in [-0.2, 0) is 0 Å². The van der Waals surface area contributed by atoms with Crippen molar-refractivity contribution >= 4 is 29.9 Å². The minimum Gasteiger partial charge on any atom is -0.497 e. The molecule has 0 aliphatic carbocycles. The predicted octanol–water partition coefficient (Wildman–Crippen LogP) is 3.70. The van der Waals surface area contributed by atoms with Crippen LogP contribution in [0, 0.1) is 0 Å². The van der Waals surface area contributed by atoms with Crippen molar-refractivity contribution in [1.82, 2.24) is 15.5 Å². The van der Waals surface area contributed by atoms with E-state index in [1.165, 1.54) is 5.56 Å². The molecule has 1 aromatic rings. The number of halogens is 1. The Bertz CT molecular complexity index is 489. The lowest BCUT2D eigenvalue weighted by Crippen LogP contribution is -2.39. The summed E-state index contributed by atoms with van der Waals surface area (Å²) < 4.78 is 5.21. The van der Waals surface area contributed by atoms with Crippen LogP contribution in [0.1, 0.15) is 45.1 Å². The van der Waals surface area contributed by atoms with Crippen molar-refractivity contribution in [3.63, 3.8) is 0 Å². The van der Waals surface area contributed by atoms with Crippen LogP contribution < -0.4 is 15.4 Å². The van der Waals surface area contributed by atoms with E-state index in [9.17, 15) is 0 Å². The maximum absolute atomic E-state index is 5.21. The van der Waals surface area contributed by atoms with Crippen molar-refractivity contribution < 1.29 is 4.74 Å². The number of nitrogens with one attached hydrogen (secondary N) is 2. The number of nitrogens with zero attached hydrogens (tertiary/aromatic N) is 2. The maximum atomic E-state index is 5.21. The monoisotopic (exact) mass is 476 g/mol. The summed E-state index contributed by atoms with van der Waals surface area (Å²) in [6, 6.07) is 8.33. The van der Waals surface area contributed by atoms with Gasteiger partial charge >= 0.3 is 0 Å².